The molecule has 0 saturated carbocycles. The zero-order chi connectivity index (χ0) is 43.5. The van der Waals surface area contributed by atoms with Gasteiger partial charge in [0.25, 0.3) is 0 Å². The number of hydrogen-bond donors (Lipinski definition) is 0. The number of nitrogens with zero attached hydrogens (tertiary/aromatic N) is 8. The second-order valence-electron chi connectivity index (χ2n) is 15.2. The van der Waals surface area contributed by atoms with Gasteiger partial charge in [0.05, 0.1) is 25.2 Å². The van der Waals surface area contributed by atoms with E-state index in [0.717, 1.165) is 11.4 Å². The molecule has 0 amide bonds. The molecule has 9 nitrogen and oxygen atoms in total. The quantitative estimate of drug-likeness (QED) is 0.0786. The van der Waals surface area contributed by atoms with Crippen LogP contribution in [0.5, 0.6) is 0 Å². The van der Waals surface area contributed by atoms with E-state index in [4.69, 9.17) is 33.4 Å². The fraction of sp³-hybridized carbons (Fsp3) is 0.311. The molecule has 0 aliphatic carbocycles. The number of ketones is 1. The number of anilines is 2. The first kappa shape index (κ1) is 44.1. The van der Waals surface area contributed by atoms with Crippen molar-refractivity contribution in [1.82, 2.24) is 29.4 Å². The first-order valence-corrected chi connectivity index (χ1v) is 23.4. The van der Waals surface area contributed by atoms with Crippen molar-refractivity contribution in [2.75, 3.05) is 74.7 Å². The molecule has 62 heavy (non-hydrogen) atoms. The Morgan fingerprint density at radius 2 is 0.839 bits per heavy atom. The molecule has 324 valence electrons. The average Bonchev–Trinajstić information content (AvgIpc) is 3.79. The third-order valence-electron chi connectivity index (χ3n) is 11.6. The number of halogens is 6. The summed E-state index contributed by atoms with van der Waals surface area (Å²) in [5.74, 6) is -1.41. The van der Waals surface area contributed by atoms with Gasteiger partial charge in [-0.15, -0.1) is 23.5 Å². The zero-order valence-corrected chi connectivity index (χ0v) is 37.2. The Kier molecular flexibility index (Phi) is 13.9. The van der Waals surface area contributed by atoms with Crippen molar-refractivity contribution < 1.29 is 22.4 Å². The monoisotopic (exact) mass is 922 g/mol. The van der Waals surface area contributed by atoms with Crippen LogP contribution in [0.3, 0.4) is 0 Å². The van der Waals surface area contributed by atoms with E-state index in [1.165, 1.54) is 72.1 Å². The summed E-state index contributed by atoms with van der Waals surface area (Å²) in [5.41, 5.74) is 4.07. The highest BCUT2D eigenvalue weighted by atomic mass is 35.5. The highest BCUT2D eigenvalue weighted by Crippen LogP contribution is 2.38. The molecule has 8 rings (SSSR count). The Labute approximate surface area is 376 Å². The highest BCUT2D eigenvalue weighted by molar-refractivity contribution is 7.98. The number of carbonyl (C=O) groups excluding carboxylic acids is 1. The minimum atomic E-state index is -0.686. The van der Waals surface area contributed by atoms with Gasteiger partial charge in [0.15, 0.2) is 5.78 Å². The summed E-state index contributed by atoms with van der Waals surface area (Å²) in [6.45, 7) is 4.87. The van der Waals surface area contributed by atoms with Crippen LogP contribution in [0.25, 0.3) is 22.5 Å². The maximum Gasteiger partial charge on any atom is 0.170 e. The standard InChI is InChI=1S/C45H44Cl2F4N8OS2/c1-61-44-39(46)41(29-3-7-31(48)8-4-29)52-58(44)27-37(56-23-19-54(20-24-56)35-15-11-33(50)12-16-35)43(60)38(57-25-21-55(22-26-57)36-17-13-34(51)14-18-36)28-59-45(62-2)40(47)42(53-59)30-5-9-32(49)10-6-30/h3-18,37-38H,19-28H2,1-2H3. The summed E-state index contributed by atoms with van der Waals surface area (Å²) >= 11 is 16.9. The third-order valence-corrected chi connectivity index (χ3v) is 14.1. The lowest BCUT2D eigenvalue weighted by atomic mass is 9.99. The number of hydrogen-bond acceptors (Lipinski definition) is 9. The maximum atomic E-state index is 15.8. The van der Waals surface area contributed by atoms with E-state index in [1.54, 1.807) is 57.9 Å². The van der Waals surface area contributed by atoms with Crippen molar-refractivity contribution in [3.63, 3.8) is 0 Å². The Bertz CT molecular complexity index is 2300. The fourth-order valence-corrected chi connectivity index (χ4v) is 10.4. The van der Waals surface area contributed by atoms with Gasteiger partial charge in [-0.1, -0.05) is 23.2 Å². The molecule has 2 fully saturated rings. The molecule has 0 N–H and O–H groups in total. The summed E-state index contributed by atoms with van der Waals surface area (Å²) in [5, 5.41) is 12.1. The first-order valence-electron chi connectivity index (χ1n) is 20.2. The molecule has 2 aromatic heterocycles. The van der Waals surface area contributed by atoms with Gasteiger partial charge in [-0.3, -0.25) is 24.0 Å². The molecular formula is C45H44Cl2F4N8OS2. The van der Waals surface area contributed by atoms with Crippen LogP contribution in [0, 0.1) is 23.3 Å². The van der Waals surface area contributed by atoms with Crippen LogP contribution in [0.4, 0.5) is 28.9 Å². The highest BCUT2D eigenvalue weighted by Gasteiger charge is 2.39. The van der Waals surface area contributed by atoms with Crippen LogP contribution in [0.2, 0.25) is 10.0 Å². The molecule has 17 heteroatoms. The third kappa shape index (κ3) is 9.53. The largest absolute Gasteiger partial charge is 0.369 e. The molecule has 0 bridgehead atoms. The van der Waals surface area contributed by atoms with Crippen molar-refractivity contribution in [2.45, 2.75) is 35.2 Å². The minimum Gasteiger partial charge on any atom is -0.369 e. The van der Waals surface area contributed by atoms with Gasteiger partial charge in [-0.05, 0) is 110 Å². The van der Waals surface area contributed by atoms with Crippen LogP contribution in [-0.2, 0) is 17.9 Å². The minimum absolute atomic E-state index is 0.0421. The van der Waals surface area contributed by atoms with E-state index in [9.17, 15) is 17.6 Å². The lowest BCUT2D eigenvalue weighted by Crippen LogP contribution is -2.61. The lowest BCUT2D eigenvalue weighted by Gasteiger charge is -2.43. The number of thioether (sulfide) groups is 2. The van der Waals surface area contributed by atoms with Crippen molar-refractivity contribution in [1.29, 1.82) is 0 Å². The number of Topliss-reactive ketones (excluding diaryl/α,β-unsaturated/α-hetero) is 1. The van der Waals surface area contributed by atoms with Gasteiger partial charge in [-0.25, -0.2) is 17.6 Å². The molecule has 4 aromatic carbocycles. The summed E-state index contributed by atoms with van der Waals surface area (Å²) in [6.07, 6.45) is 3.80. The molecule has 2 unspecified atom stereocenters. The summed E-state index contributed by atoms with van der Waals surface area (Å²) in [4.78, 5) is 24.5. The Hall–Kier alpha value is -4.51. The van der Waals surface area contributed by atoms with Gasteiger partial charge >= 0.3 is 0 Å². The molecule has 0 spiro atoms. The summed E-state index contributed by atoms with van der Waals surface area (Å²) in [6, 6.07) is 23.5. The SMILES string of the molecule is CSc1c(Cl)c(-c2ccc(F)cc2)nn1CC(C(=O)C(Cn1nc(-c2ccc(F)cc2)c(Cl)c1SC)N1CCN(c2ccc(F)cc2)CC1)N1CCN(c2ccc(F)cc2)CC1. The van der Waals surface area contributed by atoms with Crippen molar-refractivity contribution in [2.24, 2.45) is 0 Å². The van der Waals surface area contributed by atoms with Gasteiger partial charge in [0.1, 0.15) is 54.8 Å². The topological polar surface area (TPSA) is 65.7 Å². The van der Waals surface area contributed by atoms with E-state index in [-0.39, 0.29) is 42.1 Å². The number of rotatable bonds is 14. The van der Waals surface area contributed by atoms with E-state index in [0.29, 0.717) is 95.0 Å². The number of benzene rings is 4. The van der Waals surface area contributed by atoms with Gasteiger partial charge < -0.3 is 9.80 Å². The normalized spacial score (nSPS) is 16.2. The molecule has 4 heterocycles. The smallest absolute Gasteiger partial charge is 0.170 e. The van der Waals surface area contributed by atoms with Crippen molar-refractivity contribution in [3.8, 4) is 22.5 Å². The average molecular weight is 924 g/mol. The van der Waals surface area contributed by atoms with E-state index < -0.39 is 12.1 Å². The van der Waals surface area contributed by atoms with Gasteiger partial charge in [0, 0.05) is 74.9 Å². The Balaban J connectivity index is 1.16. The van der Waals surface area contributed by atoms with E-state index >= 15 is 4.79 Å². The molecule has 0 radical (unpaired) electrons. The number of piperazine rings is 2. The predicted molar refractivity (Wildman–Crippen MR) is 242 cm³/mol. The molecule has 2 aliphatic rings. The van der Waals surface area contributed by atoms with Gasteiger partial charge in [0.2, 0.25) is 0 Å². The van der Waals surface area contributed by atoms with Crippen molar-refractivity contribution >= 4 is 63.9 Å². The Morgan fingerprint density at radius 3 is 1.15 bits per heavy atom. The maximum absolute atomic E-state index is 15.8. The van der Waals surface area contributed by atoms with Crippen LogP contribution in [-0.4, -0.2) is 112 Å². The van der Waals surface area contributed by atoms with E-state index in [1.807, 2.05) is 12.5 Å². The zero-order valence-electron chi connectivity index (χ0n) is 34.0. The molecule has 2 atom stereocenters. The van der Waals surface area contributed by atoms with E-state index in [2.05, 4.69) is 19.6 Å². The van der Waals surface area contributed by atoms with Crippen LogP contribution >= 0.6 is 46.7 Å². The first-order chi connectivity index (χ1) is 30.0. The lowest BCUT2D eigenvalue weighted by molar-refractivity contribution is -0.131. The van der Waals surface area contributed by atoms with Crippen LogP contribution < -0.4 is 9.80 Å². The molecule has 2 aliphatic heterocycles. The second kappa shape index (κ2) is 19.5. The molecule has 6 aromatic rings. The van der Waals surface area contributed by atoms with Crippen LogP contribution in [0.1, 0.15) is 0 Å². The fourth-order valence-electron chi connectivity index (χ4n) is 8.28. The summed E-state index contributed by atoms with van der Waals surface area (Å²) in [7, 11) is 0. The van der Waals surface area contributed by atoms with Gasteiger partial charge in [-0.2, -0.15) is 10.2 Å². The predicted octanol–water partition coefficient (Wildman–Crippen LogP) is 9.37. The number of carbonyl (C=O) groups is 1. The summed E-state index contributed by atoms with van der Waals surface area (Å²) < 4.78 is 59.3. The van der Waals surface area contributed by atoms with Crippen LogP contribution in [0.15, 0.2) is 107 Å². The number of aromatic nitrogens is 4. The van der Waals surface area contributed by atoms with Crippen molar-refractivity contribution in [3.05, 3.63) is 130 Å². The molecule has 2 saturated heterocycles. The molecular weight excluding hydrogens is 880 g/mol. The second-order valence-corrected chi connectivity index (χ2v) is 17.5. The Morgan fingerprint density at radius 1 is 0.532 bits per heavy atom.